The monoisotopic (exact) mass is 415 g/mol. The molecule has 0 aromatic heterocycles. The highest BCUT2D eigenvalue weighted by atomic mass is 19.3. The van der Waals surface area contributed by atoms with E-state index in [4.69, 9.17) is 9.47 Å². The van der Waals surface area contributed by atoms with Crippen molar-refractivity contribution < 1.29 is 27.8 Å². The van der Waals surface area contributed by atoms with E-state index < -0.39 is 6.61 Å². The fourth-order valence-corrected chi connectivity index (χ4v) is 3.17. The molecule has 0 heterocycles. The smallest absolute Gasteiger partial charge is 0.387 e. The lowest BCUT2D eigenvalue weighted by Crippen LogP contribution is -2.26. The average molecular weight is 415 g/mol. The van der Waals surface area contributed by atoms with E-state index in [1.807, 2.05) is 36.4 Å². The standard InChI is InChI=1S/C23H23F2NO4/c1-4-29-21-13-18(8-10-20(21)30-23(24)25)22(27)26(2)14-15-5-6-17-12-19(28-3)9-7-16(17)11-15/h5-13,23H,4,14H2,1-3H3. The molecule has 7 heteroatoms. The molecule has 0 saturated heterocycles. The first-order chi connectivity index (χ1) is 14.4. The molecule has 3 rings (SSSR count). The van der Waals surface area contributed by atoms with Crippen LogP contribution in [-0.2, 0) is 6.54 Å². The minimum absolute atomic E-state index is 0.101. The lowest BCUT2D eigenvalue weighted by atomic mass is 10.1. The topological polar surface area (TPSA) is 48.0 Å². The summed E-state index contributed by atoms with van der Waals surface area (Å²) < 4.78 is 40.2. The van der Waals surface area contributed by atoms with Crippen molar-refractivity contribution in [2.24, 2.45) is 0 Å². The summed E-state index contributed by atoms with van der Waals surface area (Å²) in [6.45, 7) is -0.599. The van der Waals surface area contributed by atoms with Crippen LogP contribution in [0.4, 0.5) is 8.78 Å². The van der Waals surface area contributed by atoms with Gasteiger partial charge in [-0.2, -0.15) is 8.78 Å². The Kier molecular flexibility index (Phi) is 6.72. The second-order valence-corrected chi connectivity index (χ2v) is 6.68. The van der Waals surface area contributed by atoms with E-state index in [9.17, 15) is 13.6 Å². The Bertz CT molecular complexity index is 1040. The molecule has 0 aliphatic heterocycles. The number of amides is 1. The van der Waals surface area contributed by atoms with Gasteiger partial charge < -0.3 is 19.1 Å². The third-order valence-corrected chi connectivity index (χ3v) is 4.58. The van der Waals surface area contributed by atoms with Crippen molar-refractivity contribution in [2.45, 2.75) is 20.1 Å². The number of hydrogen-bond acceptors (Lipinski definition) is 4. The molecule has 0 fully saturated rings. The normalized spacial score (nSPS) is 10.9. The van der Waals surface area contributed by atoms with Gasteiger partial charge >= 0.3 is 6.61 Å². The molecule has 1 amide bonds. The molecule has 30 heavy (non-hydrogen) atoms. The first-order valence-corrected chi connectivity index (χ1v) is 9.45. The fourth-order valence-electron chi connectivity index (χ4n) is 3.17. The van der Waals surface area contributed by atoms with Crippen molar-refractivity contribution in [3.05, 3.63) is 65.7 Å². The second-order valence-electron chi connectivity index (χ2n) is 6.68. The van der Waals surface area contributed by atoms with Crippen LogP contribution in [0.3, 0.4) is 0 Å². The van der Waals surface area contributed by atoms with Gasteiger partial charge in [0.05, 0.1) is 13.7 Å². The van der Waals surface area contributed by atoms with Gasteiger partial charge in [0.25, 0.3) is 5.91 Å². The van der Waals surface area contributed by atoms with E-state index in [0.29, 0.717) is 12.1 Å². The molecule has 0 aliphatic carbocycles. The maximum atomic E-state index is 12.9. The van der Waals surface area contributed by atoms with Crippen LogP contribution in [-0.4, -0.2) is 38.2 Å². The number of carbonyl (C=O) groups is 1. The fraction of sp³-hybridized carbons (Fsp3) is 0.261. The molecule has 0 spiro atoms. The summed E-state index contributed by atoms with van der Waals surface area (Å²) >= 11 is 0. The van der Waals surface area contributed by atoms with E-state index in [1.165, 1.54) is 18.2 Å². The van der Waals surface area contributed by atoms with Crippen molar-refractivity contribution in [1.29, 1.82) is 0 Å². The van der Waals surface area contributed by atoms with Gasteiger partial charge in [-0.15, -0.1) is 0 Å². The zero-order valence-corrected chi connectivity index (χ0v) is 17.0. The summed E-state index contributed by atoms with van der Waals surface area (Å²) in [7, 11) is 3.31. The third-order valence-electron chi connectivity index (χ3n) is 4.58. The van der Waals surface area contributed by atoms with Gasteiger partial charge in [0.2, 0.25) is 0 Å². The first kappa shape index (κ1) is 21.4. The van der Waals surface area contributed by atoms with E-state index in [0.717, 1.165) is 22.1 Å². The molecule has 3 aromatic rings. The highest BCUT2D eigenvalue weighted by molar-refractivity contribution is 5.95. The maximum Gasteiger partial charge on any atom is 0.387 e. The highest BCUT2D eigenvalue weighted by Gasteiger charge is 2.17. The number of halogens is 2. The van der Waals surface area contributed by atoms with E-state index >= 15 is 0 Å². The highest BCUT2D eigenvalue weighted by Crippen LogP contribution is 2.30. The zero-order valence-electron chi connectivity index (χ0n) is 17.0. The molecule has 5 nitrogen and oxygen atoms in total. The molecule has 0 radical (unpaired) electrons. The molecule has 0 atom stereocenters. The number of nitrogens with zero attached hydrogens (tertiary/aromatic N) is 1. The number of carbonyl (C=O) groups excluding carboxylic acids is 1. The summed E-state index contributed by atoms with van der Waals surface area (Å²) in [5.74, 6) is 0.536. The molecule has 0 N–H and O–H groups in total. The van der Waals surface area contributed by atoms with Crippen LogP contribution < -0.4 is 14.2 Å². The van der Waals surface area contributed by atoms with Gasteiger partial charge in [-0.05, 0) is 59.7 Å². The Hall–Kier alpha value is -3.35. The van der Waals surface area contributed by atoms with Crippen molar-refractivity contribution in [3.8, 4) is 17.2 Å². The van der Waals surface area contributed by atoms with Crippen LogP contribution in [0.25, 0.3) is 10.8 Å². The van der Waals surface area contributed by atoms with Crippen LogP contribution in [0.1, 0.15) is 22.8 Å². The van der Waals surface area contributed by atoms with Crippen molar-refractivity contribution in [1.82, 2.24) is 4.90 Å². The average Bonchev–Trinajstić information content (AvgIpc) is 2.73. The number of fused-ring (bicyclic) bond motifs is 1. The number of alkyl halides is 2. The van der Waals surface area contributed by atoms with Gasteiger partial charge in [0.1, 0.15) is 5.75 Å². The van der Waals surface area contributed by atoms with Gasteiger partial charge in [-0.1, -0.05) is 18.2 Å². The van der Waals surface area contributed by atoms with Crippen LogP contribution in [0.15, 0.2) is 54.6 Å². The zero-order chi connectivity index (χ0) is 21.7. The van der Waals surface area contributed by atoms with Crippen molar-refractivity contribution in [3.63, 3.8) is 0 Å². The SMILES string of the molecule is CCOc1cc(C(=O)N(C)Cc2ccc3cc(OC)ccc3c2)ccc1OC(F)F. The Morgan fingerprint density at radius 2 is 1.73 bits per heavy atom. The van der Waals surface area contributed by atoms with Gasteiger partial charge in [-0.25, -0.2) is 0 Å². The van der Waals surface area contributed by atoms with Crippen LogP contribution in [0.5, 0.6) is 17.2 Å². The van der Waals surface area contributed by atoms with Crippen LogP contribution in [0.2, 0.25) is 0 Å². The second kappa shape index (κ2) is 9.43. The first-order valence-electron chi connectivity index (χ1n) is 9.45. The number of methoxy groups -OCH3 is 1. The van der Waals surface area contributed by atoms with E-state index in [2.05, 4.69) is 4.74 Å². The minimum atomic E-state index is -2.97. The summed E-state index contributed by atoms with van der Waals surface area (Å²) in [5, 5.41) is 2.09. The summed E-state index contributed by atoms with van der Waals surface area (Å²) in [6.07, 6.45) is 0. The van der Waals surface area contributed by atoms with E-state index in [-0.39, 0.29) is 24.0 Å². The van der Waals surface area contributed by atoms with Crippen molar-refractivity contribution in [2.75, 3.05) is 20.8 Å². The number of benzene rings is 3. The van der Waals surface area contributed by atoms with Crippen molar-refractivity contribution >= 4 is 16.7 Å². The Balaban J connectivity index is 1.78. The lowest BCUT2D eigenvalue weighted by Gasteiger charge is -2.19. The molecule has 0 bridgehead atoms. The van der Waals surface area contributed by atoms with Crippen LogP contribution in [0, 0.1) is 0 Å². The molecule has 0 saturated carbocycles. The number of rotatable bonds is 8. The molecular weight excluding hydrogens is 392 g/mol. The largest absolute Gasteiger partial charge is 0.497 e. The summed E-state index contributed by atoms with van der Waals surface area (Å²) in [4.78, 5) is 14.4. The predicted molar refractivity (Wildman–Crippen MR) is 111 cm³/mol. The van der Waals surface area contributed by atoms with Crippen LogP contribution >= 0.6 is 0 Å². The quantitative estimate of drug-likeness (QED) is 0.512. The molecule has 0 aliphatic rings. The molecule has 158 valence electrons. The molecule has 0 unspecified atom stereocenters. The minimum Gasteiger partial charge on any atom is -0.497 e. The maximum absolute atomic E-state index is 12.9. The van der Waals surface area contributed by atoms with Gasteiger partial charge in [0.15, 0.2) is 11.5 Å². The predicted octanol–water partition coefficient (Wildman–Crippen LogP) is 5.12. The summed E-state index contributed by atoms with van der Waals surface area (Å²) in [6, 6.07) is 16.0. The Labute approximate surface area is 173 Å². The molecule has 3 aromatic carbocycles. The van der Waals surface area contributed by atoms with Gasteiger partial charge in [0, 0.05) is 19.2 Å². The van der Waals surface area contributed by atoms with Gasteiger partial charge in [-0.3, -0.25) is 4.79 Å². The Morgan fingerprint density at radius 1 is 1.00 bits per heavy atom. The van der Waals surface area contributed by atoms with E-state index in [1.54, 1.807) is 26.0 Å². The third kappa shape index (κ3) is 4.97. The molecular formula is C23H23F2NO4. The Morgan fingerprint density at radius 3 is 2.43 bits per heavy atom. The number of ether oxygens (including phenoxy) is 3. The summed E-state index contributed by atoms with van der Waals surface area (Å²) in [5.41, 5.74) is 1.29. The number of hydrogen-bond donors (Lipinski definition) is 0. The lowest BCUT2D eigenvalue weighted by molar-refractivity contribution is -0.0514.